The van der Waals surface area contributed by atoms with Crippen molar-refractivity contribution in [1.82, 2.24) is 0 Å². The molecule has 6 nitrogen and oxygen atoms in total. The zero-order valence-electron chi connectivity index (χ0n) is 17.1. The number of hydrogen-bond donors (Lipinski definition) is 2. The number of Topliss-reactive ketones (excluding diaryl/α,β-unsaturated/α-hetero) is 1. The van der Waals surface area contributed by atoms with Crippen LogP contribution in [0.5, 0.6) is 5.75 Å². The van der Waals surface area contributed by atoms with Gasteiger partial charge < -0.3 is 14.9 Å². The molecule has 0 radical (unpaired) electrons. The fraction of sp³-hybridized carbons (Fsp3) is 0.192. The van der Waals surface area contributed by atoms with E-state index in [1.807, 2.05) is 30.3 Å². The minimum atomic E-state index is -1.40. The Morgan fingerprint density at radius 1 is 0.781 bits per heavy atom. The SMILES string of the molecule is O=C1c2ccc3c(c2C(=O)c2cccc(O)c21)C(=O)CC(O)(COCc1ccccc1)C3. The maximum atomic E-state index is 13.2. The van der Waals surface area contributed by atoms with Crippen LogP contribution in [-0.2, 0) is 17.8 Å². The van der Waals surface area contributed by atoms with E-state index >= 15 is 0 Å². The van der Waals surface area contributed by atoms with Gasteiger partial charge in [0.2, 0.25) is 0 Å². The minimum Gasteiger partial charge on any atom is -0.507 e. The standard InChI is InChI=1S/C26H20O6/c27-19-8-4-7-17-22(19)24(29)18-10-9-16-11-26(31,12-20(28)21(16)23(18)25(17)30)14-32-13-15-5-2-1-3-6-15/h1-10,27,31H,11-14H2. The van der Waals surface area contributed by atoms with E-state index < -0.39 is 23.0 Å². The molecule has 6 heteroatoms. The van der Waals surface area contributed by atoms with Crippen molar-refractivity contribution in [3.8, 4) is 5.75 Å². The van der Waals surface area contributed by atoms with Crippen molar-refractivity contribution in [3.63, 3.8) is 0 Å². The number of ether oxygens (including phenoxy) is 1. The van der Waals surface area contributed by atoms with Crippen LogP contribution in [0.2, 0.25) is 0 Å². The molecule has 0 saturated heterocycles. The summed E-state index contributed by atoms with van der Waals surface area (Å²) in [6.07, 6.45) is -0.0792. The van der Waals surface area contributed by atoms with Gasteiger partial charge in [0.1, 0.15) is 5.75 Å². The second-order valence-electron chi connectivity index (χ2n) is 8.36. The summed E-state index contributed by atoms with van der Waals surface area (Å²) >= 11 is 0. The van der Waals surface area contributed by atoms with Crippen molar-refractivity contribution in [2.24, 2.45) is 0 Å². The molecule has 2 aliphatic carbocycles. The van der Waals surface area contributed by atoms with Gasteiger partial charge in [-0.25, -0.2) is 0 Å². The summed E-state index contributed by atoms with van der Waals surface area (Å²) in [5, 5.41) is 21.2. The van der Waals surface area contributed by atoms with E-state index in [2.05, 4.69) is 0 Å². The monoisotopic (exact) mass is 428 g/mol. The Bertz CT molecular complexity index is 1280. The minimum absolute atomic E-state index is 0.0340. The average molecular weight is 428 g/mol. The Balaban J connectivity index is 1.46. The summed E-state index contributed by atoms with van der Waals surface area (Å²) in [6, 6.07) is 16.9. The van der Waals surface area contributed by atoms with Crippen LogP contribution in [0.4, 0.5) is 0 Å². The number of rotatable bonds is 4. The third kappa shape index (κ3) is 3.25. The van der Waals surface area contributed by atoms with Crippen molar-refractivity contribution >= 4 is 17.3 Å². The number of ketones is 3. The summed E-state index contributed by atoms with van der Waals surface area (Å²) < 4.78 is 5.68. The Morgan fingerprint density at radius 2 is 1.50 bits per heavy atom. The molecule has 0 spiro atoms. The number of carbonyl (C=O) groups excluding carboxylic acids is 3. The Hall–Kier alpha value is -3.61. The molecule has 0 saturated carbocycles. The lowest BCUT2D eigenvalue weighted by Crippen LogP contribution is -2.44. The predicted molar refractivity (Wildman–Crippen MR) is 115 cm³/mol. The second kappa shape index (κ2) is 7.51. The normalized spacial score (nSPS) is 19.3. The van der Waals surface area contributed by atoms with Gasteiger partial charge in [-0.2, -0.15) is 0 Å². The third-order valence-corrected chi connectivity index (χ3v) is 6.05. The van der Waals surface area contributed by atoms with Crippen LogP contribution >= 0.6 is 0 Å². The van der Waals surface area contributed by atoms with E-state index in [4.69, 9.17) is 4.74 Å². The fourth-order valence-electron chi connectivity index (χ4n) is 4.61. The lowest BCUT2D eigenvalue weighted by Gasteiger charge is -2.34. The van der Waals surface area contributed by atoms with Crippen LogP contribution in [0.1, 0.15) is 59.7 Å². The van der Waals surface area contributed by atoms with Crippen molar-refractivity contribution < 1.29 is 29.3 Å². The van der Waals surface area contributed by atoms with Gasteiger partial charge in [-0.05, 0) is 23.3 Å². The first-order chi connectivity index (χ1) is 15.4. The summed E-state index contributed by atoms with van der Waals surface area (Å²) in [5.41, 5.74) is 0.446. The maximum Gasteiger partial charge on any atom is 0.198 e. The lowest BCUT2D eigenvalue weighted by molar-refractivity contribution is -0.0536. The van der Waals surface area contributed by atoms with Gasteiger partial charge in [-0.1, -0.05) is 48.5 Å². The third-order valence-electron chi connectivity index (χ3n) is 6.05. The van der Waals surface area contributed by atoms with E-state index in [0.29, 0.717) is 12.2 Å². The number of aromatic hydroxyl groups is 1. The van der Waals surface area contributed by atoms with Gasteiger partial charge in [0, 0.05) is 35.1 Å². The van der Waals surface area contributed by atoms with E-state index in [0.717, 1.165) is 5.56 Å². The number of phenolic OH excluding ortho intramolecular Hbond substituents is 1. The van der Waals surface area contributed by atoms with Crippen molar-refractivity contribution in [1.29, 1.82) is 0 Å². The maximum absolute atomic E-state index is 13.2. The molecule has 160 valence electrons. The Morgan fingerprint density at radius 3 is 2.28 bits per heavy atom. The summed E-state index contributed by atoms with van der Waals surface area (Å²) in [7, 11) is 0. The van der Waals surface area contributed by atoms with Crippen LogP contribution in [0.25, 0.3) is 0 Å². The highest BCUT2D eigenvalue weighted by molar-refractivity contribution is 6.32. The lowest BCUT2D eigenvalue weighted by atomic mass is 9.73. The number of phenols is 1. The molecular weight excluding hydrogens is 408 g/mol. The molecular formula is C26H20O6. The fourth-order valence-corrected chi connectivity index (χ4v) is 4.61. The summed E-state index contributed by atoms with van der Waals surface area (Å²) in [6.45, 7) is 0.273. The molecule has 2 aliphatic rings. The molecule has 32 heavy (non-hydrogen) atoms. The molecule has 1 unspecified atom stereocenters. The largest absolute Gasteiger partial charge is 0.507 e. The van der Waals surface area contributed by atoms with Crippen LogP contribution in [0.3, 0.4) is 0 Å². The van der Waals surface area contributed by atoms with Gasteiger partial charge in [0.25, 0.3) is 0 Å². The molecule has 2 N–H and O–H groups in total. The number of aliphatic hydroxyl groups is 1. The summed E-state index contributed by atoms with van der Waals surface area (Å²) in [4.78, 5) is 39.3. The van der Waals surface area contributed by atoms with E-state index in [1.165, 1.54) is 24.3 Å². The topological polar surface area (TPSA) is 101 Å². The Labute approximate surface area is 184 Å². The van der Waals surface area contributed by atoms with Gasteiger partial charge in [-0.15, -0.1) is 0 Å². The highest BCUT2D eigenvalue weighted by Gasteiger charge is 2.42. The molecule has 3 aromatic carbocycles. The zero-order chi connectivity index (χ0) is 22.5. The van der Waals surface area contributed by atoms with E-state index in [9.17, 15) is 24.6 Å². The quantitative estimate of drug-likeness (QED) is 0.518. The number of benzene rings is 3. The molecule has 1 atom stereocenters. The molecule has 0 bridgehead atoms. The molecule has 0 heterocycles. The first kappa shape index (κ1) is 20.3. The molecule has 3 aromatic rings. The molecule has 0 fully saturated rings. The van der Waals surface area contributed by atoms with Crippen LogP contribution in [0, 0.1) is 0 Å². The van der Waals surface area contributed by atoms with E-state index in [1.54, 1.807) is 6.07 Å². The molecule has 0 amide bonds. The average Bonchev–Trinajstić information content (AvgIpc) is 2.77. The number of hydrogen-bond acceptors (Lipinski definition) is 6. The first-order valence-corrected chi connectivity index (χ1v) is 10.3. The zero-order valence-corrected chi connectivity index (χ0v) is 17.1. The van der Waals surface area contributed by atoms with Crippen LogP contribution in [0.15, 0.2) is 60.7 Å². The molecule has 5 rings (SSSR count). The highest BCUT2D eigenvalue weighted by Crippen LogP contribution is 2.39. The van der Waals surface area contributed by atoms with Crippen molar-refractivity contribution in [2.75, 3.05) is 6.61 Å². The van der Waals surface area contributed by atoms with Crippen molar-refractivity contribution in [3.05, 3.63) is 99.6 Å². The highest BCUT2D eigenvalue weighted by atomic mass is 16.5. The van der Waals surface area contributed by atoms with Crippen LogP contribution < -0.4 is 0 Å². The van der Waals surface area contributed by atoms with Gasteiger partial charge in [0.15, 0.2) is 17.3 Å². The Kier molecular flexibility index (Phi) is 4.77. The van der Waals surface area contributed by atoms with Crippen molar-refractivity contribution in [2.45, 2.75) is 25.0 Å². The van der Waals surface area contributed by atoms with Gasteiger partial charge in [0.05, 0.1) is 24.4 Å². The number of carbonyl (C=O) groups is 3. The summed E-state index contributed by atoms with van der Waals surface area (Å²) in [5.74, 6) is -1.63. The molecule has 0 aromatic heterocycles. The van der Waals surface area contributed by atoms with E-state index in [-0.39, 0.29) is 53.0 Å². The van der Waals surface area contributed by atoms with Crippen LogP contribution in [-0.4, -0.2) is 39.8 Å². The number of fused-ring (bicyclic) bond motifs is 4. The van der Waals surface area contributed by atoms with Gasteiger partial charge in [-0.3, -0.25) is 14.4 Å². The van der Waals surface area contributed by atoms with Gasteiger partial charge >= 0.3 is 0 Å². The second-order valence-corrected chi connectivity index (χ2v) is 8.36. The first-order valence-electron chi connectivity index (χ1n) is 10.3. The molecule has 0 aliphatic heterocycles. The smallest absolute Gasteiger partial charge is 0.198 e. The predicted octanol–water partition coefficient (Wildman–Crippen LogP) is 3.24.